The second-order valence-electron chi connectivity index (χ2n) is 9.99. The lowest BCUT2D eigenvalue weighted by Gasteiger charge is -2.02. The SMILES string of the molecule is CC/C=C\CC(O)\C=C/C=C\C=C/C(O)C/C=C\C/C=C\CCCCCCCCCCCCCCC(=O)O. The molecule has 2 unspecified atom stereocenters. The number of aliphatic hydroxyl groups excluding tert-OH is 2. The lowest BCUT2D eigenvalue weighted by Crippen LogP contribution is -1.98. The van der Waals surface area contributed by atoms with Crippen LogP contribution in [0.3, 0.4) is 0 Å². The molecule has 0 aromatic heterocycles. The molecule has 216 valence electrons. The molecule has 0 saturated carbocycles. The molecule has 0 aliphatic rings. The van der Waals surface area contributed by atoms with Crippen molar-refractivity contribution in [2.45, 2.75) is 135 Å². The van der Waals surface area contributed by atoms with Gasteiger partial charge in [0.2, 0.25) is 0 Å². The first-order chi connectivity index (χ1) is 18.6. The Labute approximate surface area is 233 Å². The average Bonchev–Trinajstić information content (AvgIpc) is 2.89. The highest BCUT2D eigenvalue weighted by molar-refractivity contribution is 5.66. The van der Waals surface area contributed by atoms with Crippen LogP contribution in [0.25, 0.3) is 0 Å². The van der Waals surface area contributed by atoms with E-state index in [2.05, 4.69) is 31.2 Å². The molecule has 0 aliphatic carbocycles. The van der Waals surface area contributed by atoms with Crippen molar-refractivity contribution in [2.75, 3.05) is 0 Å². The topological polar surface area (TPSA) is 77.8 Å². The molecule has 0 aliphatic heterocycles. The van der Waals surface area contributed by atoms with Crippen molar-refractivity contribution in [3.63, 3.8) is 0 Å². The maximum atomic E-state index is 10.5. The number of hydrogen-bond donors (Lipinski definition) is 3. The summed E-state index contributed by atoms with van der Waals surface area (Å²) in [6.07, 6.45) is 42.1. The lowest BCUT2D eigenvalue weighted by atomic mass is 10.0. The van der Waals surface area contributed by atoms with E-state index in [0.29, 0.717) is 19.3 Å². The molecule has 4 heteroatoms. The van der Waals surface area contributed by atoms with Gasteiger partial charge < -0.3 is 15.3 Å². The van der Waals surface area contributed by atoms with Crippen LogP contribution in [-0.2, 0) is 4.79 Å². The number of unbranched alkanes of at least 4 members (excludes halogenated alkanes) is 12. The van der Waals surface area contributed by atoms with E-state index in [9.17, 15) is 15.0 Å². The molecule has 0 bridgehead atoms. The summed E-state index contributed by atoms with van der Waals surface area (Å²) in [5, 5.41) is 28.4. The Balaban J connectivity index is 3.53. The smallest absolute Gasteiger partial charge is 0.303 e. The highest BCUT2D eigenvalue weighted by atomic mass is 16.4. The van der Waals surface area contributed by atoms with Gasteiger partial charge in [-0.2, -0.15) is 0 Å². The van der Waals surface area contributed by atoms with E-state index >= 15 is 0 Å². The number of rotatable bonds is 26. The number of carbonyl (C=O) groups is 1. The molecule has 0 amide bonds. The first-order valence-electron chi connectivity index (χ1n) is 15.1. The van der Waals surface area contributed by atoms with Gasteiger partial charge in [-0.1, -0.05) is 144 Å². The molecule has 4 nitrogen and oxygen atoms in total. The number of aliphatic hydroxyl groups is 2. The Bertz CT molecular complexity index is 699. The second-order valence-corrected chi connectivity index (χ2v) is 9.99. The van der Waals surface area contributed by atoms with Crippen LogP contribution in [0, 0.1) is 0 Å². The largest absolute Gasteiger partial charge is 0.481 e. The third-order valence-corrected chi connectivity index (χ3v) is 6.27. The van der Waals surface area contributed by atoms with E-state index < -0.39 is 18.2 Å². The van der Waals surface area contributed by atoms with E-state index in [1.807, 2.05) is 36.5 Å². The minimum Gasteiger partial charge on any atom is -0.481 e. The average molecular weight is 529 g/mol. The summed E-state index contributed by atoms with van der Waals surface area (Å²) in [5.74, 6) is -0.672. The Morgan fingerprint density at radius 3 is 1.53 bits per heavy atom. The van der Waals surface area contributed by atoms with Gasteiger partial charge in [-0.3, -0.25) is 4.79 Å². The van der Waals surface area contributed by atoms with Gasteiger partial charge in [-0.05, 0) is 44.9 Å². The van der Waals surface area contributed by atoms with Gasteiger partial charge in [0.25, 0.3) is 0 Å². The molecule has 0 aromatic rings. The van der Waals surface area contributed by atoms with Crippen LogP contribution in [0.2, 0.25) is 0 Å². The van der Waals surface area contributed by atoms with Gasteiger partial charge in [0.15, 0.2) is 0 Å². The summed E-state index contributed by atoms with van der Waals surface area (Å²) in [6, 6.07) is 0. The van der Waals surface area contributed by atoms with Crippen LogP contribution < -0.4 is 0 Å². The molecule has 0 aromatic carbocycles. The molecule has 0 fully saturated rings. The minimum atomic E-state index is -0.672. The number of carboxylic acids is 1. The zero-order valence-electron chi connectivity index (χ0n) is 24.1. The summed E-state index contributed by atoms with van der Waals surface area (Å²) in [7, 11) is 0. The Hall–Kier alpha value is -2.17. The van der Waals surface area contributed by atoms with Gasteiger partial charge in [0.1, 0.15) is 0 Å². The fraction of sp³-hybridized carbons (Fsp3) is 0.618. The highest BCUT2D eigenvalue weighted by Crippen LogP contribution is 2.13. The molecule has 0 radical (unpaired) electrons. The van der Waals surface area contributed by atoms with Crippen LogP contribution >= 0.6 is 0 Å². The van der Waals surface area contributed by atoms with Gasteiger partial charge in [-0.15, -0.1) is 0 Å². The van der Waals surface area contributed by atoms with Crippen LogP contribution in [0.1, 0.15) is 122 Å². The van der Waals surface area contributed by atoms with Crippen molar-refractivity contribution in [3.8, 4) is 0 Å². The number of carboxylic acid groups (broad SMARTS) is 1. The van der Waals surface area contributed by atoms with Crippen molar-refractivity contribution in [1.29, 1.82) is 0 Å². The quantitative estimate of drug-likeness (QED) is 0.0594. The molecule has 0 spiro atoms. The van der Waals surface area contributed by atoms with Crippen molar-refractivity contribution < 1.29 is 20.1 Å². The molecule has 0 saturated heterocycles. The monoisotopic (exact) mass is 528 g/mol. The van der Waals surface area contributed by atoms with Gasteiger partial charge in [0.05, 0.1) is 12.2 Å². The van der Waals surface area contributed by atoms with Crippen molar-refractivity contribution >= 4 is 5.97 Å². The summed E-state index contributed by atoms with van der Waals surface area (Å²) < 4.78 is 0. The molecule has 3 N–H and O–H groups in total. The number of hydrogen-bond acceptors (Lipinski definition) is 3. The molecule has 2 atom stereocenters. The van der Waals surface area contributed by atoms with Crippen molar-refractivity contribution in [2.24, 2.45) is 0 Å². The van der Waals surface area contributed by atoms with E-state index in [1.54, 1.807) is 12.2 Å². The van der Waals surface area contributed by atoms with Crippen LogP contribution in [0.5, 0.6) is 0 Å². The van der Waals surface area contributed by atoms with E-state index in [0.717, 1.165) is 32.1 Å². The summed E-state index contributed by atoms with van der Waals surface area (Å²) in [5.41, 5.74) is 0. The number of aliphatic carboxylic acids is 1. The second kappa shape index (κ2) is 29.4. The molecule has 38 heavy (non-hydrogen) atoms. The fourth-order valence-electron chi connectivity index (χ4n) is 4.00. The summed E-state index contributed by atoms with van der Waals surface area (Å²) in [6.45, 7) is 2.07. The fourth-order valence-corrected chi connectivity index (χ4v) is 4.00. The molecule has 0 rings (SSSR count). The predicted molar refractivity (Wildman–Crippen MR) is 163 cm³/mol. The highest BCUT2D eigenvalue weighted by Gasteiger charge is 1.97. The maximum absolute atomic E-state index is 10.5. The van der Waals surface area contributed by atoms with Crippen LogP contribution in [0.15, 0.2) is 72.9 Å². The Morgan fingerprint density at radius 1 is 0.579 bits per heavy atom. The molecule has 0 heterocycles. The Morgan fingerprint density at radius 2 is 1.03 bits per heavy atom. The third kappa shape index (κ3) is 30.1. The van der Waals surface area contributed by atoms with E-state index in [-0.39, 0.29) is 0 Å². The van der Waals surface area contributed by atoms with Gasteiger partial charge in [-0.25, -0.2) is 0 Å². The van der Waals surface area contributed by atoms with Crippen LogP contribution in [0.4, 0.5) is 0 Å². The molecular formula is C34H56O4. The van der Waals surface area contributed by atoms with Crippen LogP contribution in [-0.4, -0.2) is 33.5 Å². The third-order valence-electron chi connectivity index (χ3n) is 6.27. The van der Waals surface area contributed by atoms with E-state index in [1.165, 1.54) is 64.2 Å². The van der Waals surface area contributed by atoms with Gasteiger partial charge >= 0.3 is 5.97 Å². The summed E-state index contributed by atoms with van der Waals surface area (Å²) >= 11 is 0. The first-order valence-corrected chi connectivity index (χ1v) is 15.1. The number of allylic oxidation sites excluding steroid dienone is 8. The van der Waals surface area contributed by atoms with E-state index in [4.69, 9.17) is 5.11 Å². The van der Waals surface area contributed by atoms with Crippen molar-refractivity contribution in [3.05, 3.63) is 72.9 Å². The maximum Gasteiger partial charge on any atom is 0.303 e. The molecular weight excluding hydrogens is 472 g/mol. The first kappa shape index (κ1) is 35.8. The Kier molecular flexibility index (Phi) is 27.7. The predicted octanol–water partition coefficient (Wildman–Crippen LogP) is 9.17. The van der Waals surface area contributed by atoms with Crippen molar-refractivity contribution in [1.82, 2.24) is 0 Å². The zero-order valence-corrected chi connectivity index (χ0v) is 24.1. The standard InChI is InChI=1S/C34H56O4/c1-2-3-22-27-32(35)29-24-20-21-25-30-33(36)28-23-18-16-14-12-10-8-6-4-5-7-9-11-13-15-17-19-26-31-34(37)38/h3,12,14,18,20-25,29-30,32-33,35-36H,2,4-11,13,15-17,19,26-28,31H2,1H3,(H,37,38)/b14-12-,21-20-,22-3-,23-18-,29-24-,30-25-. The zero-order chi connectivity index (χ0) is 27.9. The summed E-state index contributed by atoms with van der Waals surface area (Å²) in [4.78, 5) is 10.5. The minimum absolute atomic E-state index is 0.319. The van der Waals surface area contributed by atoms with Gasteiger partial charge in [0, 0.05) is 6.42 Å². The normalized spacial score (nSPS) is 14.4. The lowest BCUT2D eigenvalue weighted by molar-refractivity contribution is -0.137.